The van der Waals surface area contributed by atoms with Gasteiger partial charge in [-0.25, -0.2) is 27.0 Å². The highest BCUT2D eigenvalue weighted by molar-refractivity contribution is 7.92. The minimum atomic E-state index is -3.38. The monoisotopic (exact) mass is 694 g/mol. The molecule has 1 aromatic heterocycles. The van der Waals surface area contributed by atoms with Crippen molar-refractivity contribution in [1.82, 2.24) is 15.2 Å². The lowest BCUT2D eigenvalue weighted by Gasteiger charge is -2.40. The largest absolute Gasteiger partial charge is 0.439 e. The molecule has 47 heavy (non-hydrogen) atoms. The number of nitrogens with zero attached hydrogens (tertiary/aromatic N) is 2. The van der Waals surface area contributed by atoms with Crippen molar-refractivity contribution in [1.29, 1.82) is 0 Å². The van der Waals surface area contributed by atoms with Gasteiger partial charge in [-0.3, -0.25) is 14.4 Å². The van der Waals surface area contributed by atoms with E-state index in [4.69, 9.17) is 10.5 Å². The normalized spacial score (nSPS) is 16.5. The summed E-state index contributed by atoms with van der Waals surface area (Å²) in [4.78, 5) is 31.0. The molecule has 5 N–H and O–H groups in total. The number of rotatable bonds is 13. The number of sulfonamides is 1. The number of nitrogens with one attached hydrogen (secondary N) is 3. The van der Waals surface area contributed by atoms with Gasteiger partial charge in [0.2, 0.25) is 15.9 Å². The Bertz CT molecular complexity index is 1660. The molecule has 0 saturated carbocycles. The number of hydrogen-bond donors (Lipinski definition) is 4. The number of pyridine rings is 1. The number of ether oxygens (including phenoxy) is 1. The van der Waals surface area contributed by atoms with Gasteiger partial charge in [0.1, 0.15) is 17.4 Å². The Morgan fingerprint density at radius 3 is 2.51 bits per heavy atom. The lowest BCUT2D eigenvalue weighted by atomic mass is 9.93. The molecule has 0 radical (unpaired) electrons. The number of likely N-dealkylation sites (tertiary alicyclic amines) is 1. The van der Waals surface area contributed by atoms with Crippen LogP contribution in [0.3, 0.4) is 0 Å². The van der Waals surface area contributed by atoms with Crippen LogP contribution in [0.2, 0.25) is 0 Å². The first-order valence-corrected chi connectivity index (χ1v) is 16.9. The maximum atomic E-state index is 14.2. The highest BCUT2D eigenvalue weighted by Crippen LogP contribution is 2.28. The molecular formula is C32H41ClF2N6O5S. The minimum Gasteiger partial charge on any atom is -0.439 e. The third kappa shape index (κ3) is 10.5. The number of amides is 3. The SMILES string of the molecule is CCCCC1CC(NC(=O)Nc2cc(C(N)=O)c(F)cc2F)CCN1Cc1ccc(Oc2ccc(NS(=O)(=O)CC)cc2C)nc1.Cl. The van der Waals surface area contributed by atoms with Crippen molar-refractivity contribution in [3.8, 4) is 11.6 Å². The van der Waals surface area contributed by atoms with Crippen LogP contribution in [0.25, 0.3) is 0 Å². The lowest BCUT2D eigenvalue weighted by Crippen LogP contribution is -2.50. The third-order valence-corrected chi connectivity index (χ3v) is 9.17. The molecule has 256 valence electrons. The topological polar surface area (TPSA) is 156 Å². The fourth-order valence-corrected chi connectivity index (χ4v) is 5.98. The van der Waals surface area contributed by atoms with Crippen molar-refractivity contribution >= 4 is 45.7 Å². The Labute approximate surface area is 280 Å². The van der Waals surface area contributed by atoms with Gasteiger partial charge in [-0.05, 0) is 68.5 Å². The summed E-state index contributed by atoms with van der Waals surface area (Å²) in [7, 11) is -3.38. The summed E-state index contributed by atoms with van der Waals surface area (Å²) in [6.07, 6.45) is 6.08. The van der Waals surface area contributed by atoms with Crippen LogP contribution in [0.4, 0.5) is 25.0 Å². The van der Waals surface area contributed by atoms with E-state index in [2.05, 4.69) is 32.2 Å². The van der Waals surface area contributed by atoms with E-state index >= 15 is 0 Å². The number of nitrogens with two attached hydrogens (primary N) is 1. The molecule has 3 aromatic rings. The van der Waals surface area contributed by atoms with Crippen LogP contribution < -0.4 is 25.8 Å². The number of carbonyl (C=O) groups excluding carboxylic acids is 2. The predicted molar refractivity (Wildman–Crippen MR) is 180 cm³/mol. The number of piperidine rings is 1. The summed E-state index contributed by atoms with van der Waals surface area (Å²) in [5, 5.41) is 5.25. The molecule has 3 amide bonds. The number of benzene rings is 2. The molecule has 0 spiro atoms. The number of carbonyl (C=O) groups is 2. The van der Waals surface area contributed by atoms with Gasteiger partial charge in [0.15, 0.2) is 0 Å². The van der Waals surface area contributed by atoms with Crippen LogP contribution in [-0.2, 0) is 16.6 Å². The predicted octanol–water partition coefficient (Wildman–Crippen LogP) is 6.09. The standard InChI is InChI=1S/C32H40F2N6O5S.ClH/c1-4-6-7-24-15-22(37-32(42)38-28-16-25(31(35)41)26(33)17-27(28)34)12-13-40(24)19-21-8-11-30(36-18-21)45-29-10-9-23(14-20(29)3)39-46(43,44)5-2;/h8-11,14,16-18,22,24,39H,4-7,12-13,15,19H2,1-3H3,(H2,35,41)(H2,37,38,42);1H. The van der Waals surface area contributed by atoms with Gasteiger partial charge < -0.3 is 21.1 Å². The lowest BCUT2D eigenvalue weighted by molar-refractivity contribution is 0.0996. The maximum Gasteiger partial charge on any atom is 0.319 e. The molecule has 1 aliphatic rings. The molecule has 1 saturated heterocycles. The van der Waals surface area contributed by atoms with Crippen molar-refractivity contribution in [2.45, 2.75) is 71.5 Å². The quantitative estimate of drug-likeness (QED) is 0.169. The van der Waals surface area contributed by atoms with E-state index in [-0.39, 0.29) is 35.9 Å². The van der Waals surface area contributed by atoms with E-state index in [1.165, 1.54) is 0 Å². The number of unbranched alkanes of at least 4 members (excludes halogenated alkanes) is 1. The molecule has 1 aliphatic heterocycles. The van der Waals surface area contributed by atoms with Crippen LogP contribution in [0.15, 0.2) is 48.7 Å². The molecule has 2 aromatic carbocycles. The van der Waals surface area contributed by atoms with Gasteiger partial charge in [-0.15, -0.1) is 12.4 Å². The number of aryl methyl sites for hydroxylation is 1. The number of aromatic nitrogens is 1. The number of halogens is 3. The highest BCUT2D eigenvalue weighted by Gasteiger charge is 2.29. The average molecular weight is 695 g/mol. The first kappa shape index (κ1) is 37.4. The first-order valence-electron chi connectivity index (χ1n) is 15.2. The van der Waals surface area contributed by atoms with Crippen LogP contribution >= 0.6 is 12.4 Å². The molecule has 0 aliphatic carbocycles. The summed E-state index contributed by atoms with van der Waals surface area (Å²) in [6, 6.07) is 9.56. The summed E-state index contributed by atoms with van der Waals surface area (Å²) in [5.41, 5.74) is 6.51. The Balaban J connectivity index is 0.00000600. The van der Waals surface area contributed by atoms with E-state index in [9.17, 15) is 26.8 Å². The maximum absolute atomic E-state index is 14.2. The second-order valence-electron chi connectivity index (χ2n) is 11.4. The molecule has 1 fully saturated rings. The molecule has 2 heterocycles. The van der Waals surface area contributed by atoms with E-state index in [0.29, 0.717) is 49.3 Å². The fourth-order valence-electron chi connectivity index (χ4n) is 5.35. The van der Waals surface area contributed by atoms with Crippen LogP contribution in [-0.4, -0.2) is 54.6 Å². The van der Waals surface area contributed by atoms with Crippen LogP contribution in [0.1, 0.15) is 67.4 Å². The summed E-state index contributed by atoms with van der Waals surface area (Å²) < 4.78 is 60.3. The van der Waals surface area contributed by atoms with E-state index in [1.807, 2.05) is 13.0 Å². The molecule has 2 unspecified atom stereocenters. The molecule has 4 rings (SSSR count). The zero-order chi connectivity index (χ0) is 33.4. The Hall–Kier alpha value is -4.01. The van der Waals surface area contributed by atoms with Crippen molar-refractivity contribution in [2.24, 2.45) is 5.73 Å². The van der Waals surface area contributed by atoms with Gasteiger partial charge in [0, 0.05) is 49.2 Å². The Kier molecular flexibility index (Phi) is 13.3. The van der Waals surface area contributed by atoms with E-state index < -0.39 is 39.2 Å². The van der Waals surface area contributed by atoms with Gasteiger partial charge in [-0.2, -0.15) is 0 Å². The summed E-state index contributed by atoms with van der Waals surface area (Å²) in [6.45, 7) is 6.88. The van der Waals surface area contributed by atoms with Gasteiger partial charge in [0.05, 0.1) is 17.0 Å². The average Bonchev–Trinajstić information content (AvgIpc) is 3.00. The summed E-state index contributed by atoms with van der Waals surface area (Å²) in [5.74, 6) is -2.22. The first-order chi connectivity index (χ1) is 21.9. The van der Waals surface area contributed by atoms with E-state index in [1.54, 1.807) is 37.4 Å². The molecule has 11 nitrogen and oxygen atoms in total. The minimum absolute atomic E-state index is 0. The number of urea groups is 1. The number of primary amides is 1. The van der Waals surface area contributed by atoms with Crippen molar-refractivity contribution < 1.29 is 31.5 Å². The second-order valence-corrected chi connectivity index (χ2v) is 13.4. The van der Waals surface area contributed by atoms with Crippen molar-refractivity contribution in [3.05, 3.63) is 77.0 Å². The van der Waals surface area contributed by atoms with Crippen LogP contribution in [0, 0.1) is 18.6 Å². The Morgan fingerprint density at radius 2 is 1.87 bits per heavy atom. The zero-order valence-corrected chi connectivity index (χ0v) is 28.1. The van der Waals surface area contributed by atoms with Crippen LogP contribution in [0.5, 0.6) is 11.6 Å². The van der Waals surface area contributed by atoms with Gasteiger partial charge >= 0.3 is 6.03 Å². The fraction of sp³-hybridized carbons (Fsp3) is 0.406. The molecule has 15 heteroatoms. The van der Waals surface area contributed by atoms with Gasteiger partial charge in [0.25, 0.3) is 5.91 Å². The summed E-state index contributed by atoms with van der Waals surface area (Å²) >= 11 is 0. The van der Waals surface area contributed by atoms with E-state index in [0.717, 1.165) is 36.5 Å². The number of anilines is 2. The second kappa shape index (κ2) is 16.7. The molecular weight excluding hydrogens is 654 g/mol. The molecule has 0 bridgehead atoms. The van der Waals surface area contributed by atoms with Crippen molar-refractivity contribution in [2.75, 3.05) is 22.3 Å². The van der Waals surface area contributed by atoms with Crippen molar-refractivity contribution in [3.63, 3.8) is 0 Å². The smallest absolute Gasteiger partial charge is 0.319 e. The third-order valence-electron chi connectivity index (χ3n) is 7.86. The number of hydrogen-bond acceptors (Lipinski definition) is 7. The molecule has 2 atom stereocenters. The zero-order valence-electron chi connectivity index (χ0n) is 26.5. The highest BCUT2D eigenvalue weighted by atomic mass is 35.5. The Morgan fingerprint density at radius 1 is 1.11 bits per heavy atom. The van der Waals surface area contributed by atoms with Gasteiger partial charge in [-0.1, -0.05) is 25.8 Å².